The van der Waals surface area contributed by atoms with Gasteiger partial charge in [-0.1, -0.05) is 0 Å². The monoisotopic (exact) mass is 112 g/mol. The third kappa shape index (κ3) is 0.900. The van der Waals surface area contributed by atoms with E-state index in [0.717, 1.165) is 6.21 Å². The van der Waals surface area contributed by atoms with Crippen molar-refractivity contribution in [1.82, 2.24) is 5.32 Å². The molecule has 0 aromatic heterocycles. The van der Waals surface area contributed by atoms with Crippen LogP contribution in [0.3, 0.4) is 0 Å². The van der Waals surface area contributed by atoms with Crippen LogP contribution in [0.15, 0.2) is 4.99 Å². The fourth-order valence-corrected chi connectivity index (χ4v) is 0.385. The van der Waals surface area contributed by atoms with Gasteiger partial charge >= 0.3 is 6.03 Å². The first kappa shape index (κ1) is 4.96. The molecule has 1 aliphatic rings. The molecule has 0 atom stereocenters. The lowest BCUT2D eigenvalue weighted by atomic mass is 10.4. The maximum absolute atomic E-state index is 10.2. The molecular formula is C4H4N2O2. The molecule has 4 heteroatoms. The number of hydrogen-bond donors (Lipinski definition) is 1. The first-order valence-electron chi connectivity index (χ1n) is 2.14. The molecule has 0 spiro atoms. The molecule has 0 radical (unpaired) electrons. The number of aliphatic imine (C=N–C) groups is 1. The van der Waals surface area contributed by atoms with Gasteiger partial charge in [0.2, 0.25) is 0 Å². The third-order valence-corrected chi connectivity index (χ3v) is 0.740. The highest BCUT2D eigenvalue weighted by Gasteiger charge is 2.06. The van der Waals surface area contributed by atoms with Gasteiger partial charge in [-0.15, -0.1) is 0 Å². The second-order valence-corrected chi connectivity index (χ2v) is 1.38. The lowest BCUT2D eigenvalue weighted by Gasteiger charge is -2.00. The predicted octanol–water partition coefficient (Wildman–Crippen LogP) is -0.651. The minimum Gasteiger partial charge on any atom is -0.329 e. The van der Waals surface area contributed by atoms with E-state index in [-0.39, 0.29) is 12.3 Å². The van der Waals surface area contributed by atoms with Crippen LogP contribution in [0, 0.1) is 0 Å². The normalized spacial score (nSPS) is 18.5. The summed E-state index contributed by atoms with van der Waals surface area (Å²) < 4.78 is 0. The summed E-state index contributed by atoms with van der Waals surface area (Å²) in [6.07, 6.45) is 1.03. The molecule has 0 saturated heterocycles. The van der Waals surface area contributed by atoms with Gasteiger partial charge < -0.3 is 5.32 Å². The second-order valence-electron chi connectivity index (χ2n) is 1.38. The van der Waals surface area contributed by atoms with Crippen LogP contribution in [0.1, 0.15) is 0 Å². The number of nitrogens with one attached hydrogen (secondary N) is 1. The average molecular weight is 112 g/mol. The lowest BCUT2D eigenvalue weighted by Crippen LogP contribution is -2.32. The van der Waals surface area contributed by atoms with E-state index in [1.54, 1.807) is 0 Å². The number of amides is 2. The maximum atomic E-state index is 10.2. The van der Waals surface area contributed by atoms with E-state index in [0.29, 0.717) is 0 Å². The molecule has 0 aliphatic carbocycles. The van der Waals surface area contributed by atoms with Crippen molar-refractivity contribution in [1.29, 1.82) is 0 Å². The van der Waals surface area contributed by atoms with Gasteiger partial charge in [0.25, 0.3) is 0 Å². The van der Waals surface area contributed by atoms with Crippen LogP contribution < -0.4 is 5.32 Å². The minimum atomic E-state index is -0.440. The molecular weight excluding hydrogens is 108 g/mol. The van der Waals surface area contributed by atoms with E-state index in [4.69, 9.17) is 0 Å². The van der Waals surface area contributed by atoms with Crippen LogP contribution >= 0.6 is 0 Å². The number of carbonyl (C=O) groups is 2. The maximum Gasteiger partial charge on any atom is 0.341 e. The molecule has 0 aromatic carbocycles. The summed E-state index contributed by atoms with van der Waals surface area (Å²) >= 11 is 0. The quantitative estimate of drug-likeness (QED) is 0.452. The molecule has 0 bridgehead atoms. The van der Waals surface area contributed by atoms with Crippen molar-refractivity contribution in [3.63, 3.8) is 0 Å². The van der Waals surface area contributed by atoms with E-state index in [2.05, 4.69) is 10.3 Å². The van der Waals surface area contributed by atoms with Gasteiger partial charge in [0.1, 0.15) is 0 Å². The Balaban J connectivity index is 2.68. The molecule has 4 nitrogen and oxygen atoms in total. The van der Waals surface area contributed by atoms with E-state index < -0.39 is 6.03 Å². The first-order chi connectivity index (χ1) is 3.79. The molecule has 0 unspecified atom stereocenters. The standard InChI is InChI=1S/C4H4N2O2/c7-3-1-5-4(8)6-2-3/h1H,2H2,(H,6,8). The number of Topliss-reactive ketones (excluding diaryl/α,β-unsaturated/α-hetero) is 1. The third-order valence-electron chi connectivity index (χ3n) is 0.740. The van der Waals surface area contributed by atoms with Crippen LogP contribution in [0.25, 0.3) is 0 Å². The van der Waals surface area contributed by atoms with Gasteiger partial charge in [-0.25, -0.2) is 4.79 Å². The number of carbonyl (C=O) groups excluding carboxylic acids is 2. The van der Waals surface area contributed by atoms with Gasteiger partial charge in [0.05, 0.1) is 12.8 Å². The Hall–Kier alpha value is -1.19. The van der Waals surface area contributed by atoms with Crippen molar-refractivity contribution in [2.24, 2.45) is 4.99 Å². The van der Waals surface area contributed by atoms with Crippen molar-refractivity contribution in [2.75, 3.05) is 6.54 Å². The van der Waals surface area contributed by atoms with Crippen LogP contribution in [0.5, 0.6) is 0 Å². The zero-order chi connectivity index (χ0) is 5.98. The second kappa shape index (κ2) is 1.73. The molecule has 0 fully saturated rings. The minimum absolute atomic E-state index is 0.0856. The van der Waals surface area contributed by atoms with Gasteiger partial charge in [-0.3, -0.25) is 4.79 Å². The Bertz CT molecular complexity index is 143. The van der Waals surface area contributed by atoms with E-state index in [9.17, 15) is 9.59 Å². The van der Waals surface area contributed by atoms with Gasteiger partial charge in [0, 0.05) is 0 Å². The van der Waals surface area contributed by atoms with Gasteiger partial charge in [0.15, 0.2) is 5.78 Å². The summed E-state index contributed by atoms with van der Waals surface area (Å²) in [7, 11) is 0. The number of hydrogen-bond acceptors (Lipinski definition) is 2. The van der Waals surface area contributed by atoms with Crippen molar-refractivity contribution in [3.05, 3.63) is 0 Å². The first-order valence-corrected chi connectivity index (χ1v) is 2.14. The number of urea groups is 1. The van der Waals surface area contributed by atoms with Crippen LogP contribution in [-0.2, 0) is 4.79 Å². The summed E-state index contributed by atoms with van der Waals surface area (Å²) in [4.78, 5) is 23.6. The molecule has 0 aromatic rings. The Morgan fingerprint density at radius 1 is 1.62 bits per heavy atom. The highest BCUT2D eigenvalue weighted by Crippen LogP contribution is 1.79. The van der Waals surface area contributed by atoms with E-state index in [1.165, 1.54) is 0 Å². The number of rotatable bonds is 0. The Labute approximate surface area is 45.6 Å². The topological polar surface area (TPSA) is 58.5 Å². The number of ketones is 1. The van der Waals surface area contributed by atoms with Crippen molar-refractivity contribution in [2.45, 2.75) is 0 Å². The zero-order valence-electron chi connectivity index (χ0n) is 4.05. The van der Waals surface area contributed by atoms with E-state index >= 15 is 0 Å². The smallest absolute Gasteiger partial charge is 0.329 e. The molecule has 0 saturated carbocycles. The van der Waals surface area contributed by atoms with Crippen LogP contribution in [0.4, 0.5) is 4.79 Å². The molecule has 1 heterocycles. The Morgan fingerprint density at radius 2 is 2.38 bits per heavy atom. The molecule has 1 aliphatic heterocycles. The van der Waals surface area contributed by atoms with Crippen molar-refractivity contribution in [3.8, 4) is 0 Å². The lowest BCUT2D eigenvalue weighted by molar-refractivity contribution is -0.111. The zero-order valence-corrected chi connectivity index (χ0v) is 4.05. The van der Waals surface area contributed by atoms with Gasteiger partial charge in [-0.2, -0.15) is 4.99 Å². The van der Waals surface area contributed by atoms with Crippen LogP contribution in [-0.4, -0.2) is 24.6 Å². The summed E-state index contributed by atoms with van der Waals surface area (Å²) in [5.41, 5.74) is 0. The summed E-state index contributed by atoms with van der Waals surface area (Å²) in [6.45, 7) is 0.0856. The van der Waals surface area contributed by atoms with E-state index in [1.807, 2.05) is 0 Å². The summed E-state index contributed by atoms with van der Waals surface area (Å²) in [5.74, 6) is -0.162. The number of nitrogens with zero attached hydrogens (tertiary/aromatic N) is 1. The fourth-order valence-electron chi connectivity index (χ4n) is 0.385. The Kier molecular flexibility index (Phi) is 1.07. The average Bonchev–Trinajstić information content (AvgIpc) is 1.77. The summed E-state index contributed by atoms with van der Waals surface area (Å²) in [6, 6.07) is -0.440. The summed E-state index contributed by atoms with van der Waals surface area (Å²) in [5, 5.41) is 2.25. The molecule has 1 rings (SSSR count). The SMILES string of the molecule is O=C1C=NC(=O)NC1. The molecule has 42 valence electrons. The van der Waals surface area contributed by atoms with Crippen molar-refractivity contribution < 1.29 is 9.59 Å². The van der Waals surface area contributed by atoms with Crippen LogP contribution in [0.2, 0.25) is 0 Å². The Morgan fingerprint density at radius 3 is 2.75 bits per heavy atom. The molecule has 8 heavy (non-hydrogen) atoms. The largest absolute Gasteiger partial charge is 0.341 e. The predicted molar refractivity (Wildman–Crippen MR) is 26.9 cm³/mol. The molecule has 1 N–H and O–H groups in total. The fraction of sp³-hybridized carbons (Fsp3) is 0.250. The highest BCUT2D eigenvalue weighted by molar-refractivity contribution is 6.32. The van der Waals surface area contributed by atoms with Crippen molar-refractivity contribution >= 4 is 18.0 Å². The van der Waals surface area contributed by atoms with Gasteiger partial charge in [-0.05, 0) is 0 Å². The highest BCUT2D eigenvalue weighted by atomic mass is 16.2. The molecule has 2 amide bonds.